The minimum Gasteiger partial charge on any atom is -0.389 e. The monoisotopic (exact) mass is 205 g/mol. The van der Waals surface area contributed by atoms with Crippen LogP contribution in [0.5, 0.6) is 0 Å². The summed E-state index contributed by atoms with van der Waals surface area (Å²) in [4.78, 5) is 0. The van der Waals surface area contributed by atoms with Crippen molar-refractivity contribution < 1.29 is 14.6 Å². The van der Waals surface area contributed by atoms with Crippen molar-refractivity contribution in [1.29, 1.82) is 0 Å². The summed E-state index contributed by atoms with van der Waals surface area (Å²) >= 11 is 0. The molecule has 0 saturated heterocycles. The van der Waals surface area contributed by atoms with Gasteiger partial charge in [-0.2, -0.15) is 0 Å². The first-order valence-electron chi connectivity index (χ1n) is 4.77. The molecule has 0 atom stereocenters. The van der Waals surface area contributed by atoms with Crippen LogP contribution in [-0.2, 0) is 9.47 Å². The molecule has 86 valence electrons. The summed E-state index contributed by atoms with van der Waals surface area (Å²) in [6.45, 7) is 7.97. The van der Waals surface area contributed by atoms with Crippen molar-refractivity contribution in [3.05, 3.63) is 0 Å². The van der Waals surface area contributed by atoms with Gasteiger partial charge in [0.25, 0.3) is 0 Å². The number of hydrogen-bond donors (Lipinski definition) is 2. The zero-order valence-corrected chi connectivity index (χ0v) is 10.0. The first-order chi connectivity index (χ1) is 6.24. The SMILES string of the molecule is COC(CNC(C)(C)C(C)(C)O)OC. The van der Waals surface area contributed by atoms with E-state index in [-0.39, 0.29) is 11.8 Å². The van der Waals surface area contributed by atoms with Crippen LogP contribution in [0.25, 0.3) is 0 Å². The van der Waals surface area contributed by atoms with E-state index in [1.54, 1.807) is 28.1 Å². The molecule has 0 saturated carbocycles. The number of aliphatic hydroxyl groups is 1. The minimum absolute atomic E-state index is 0.281. The molecule has 0 unspecified atom stereocenters. The molecule has 0 fully saturated rings. The zero-order valence-electron chi connectivity index (χ0n) is 10.0. The molecular formula is C10H23NO3. The molecule has 0 aliphatic carbocycles. The van der Waals surface area contributed by atoms with Gasteiger partial charge in [-0.25, -0.2) is 0 Å². The summed E-state index contributed by atoms with van der Waals surface area (Å²) in [5.41, 5.74) is -1.18. The highest BCUT2D eigenvalue weighted by molar-refractivity contribution is 4.93. The Bertz CT molecular complexity index is 159. The number of rotatable bonds is 6. The minimum atomic E-state index is -0.793. The molecular weight excluding hydrogens is 182 g/mol. The van der Waals surface area contributed by atoms with Crippen LogP contribution in [0.15, 0.2) is 0 Å². The van der Waals surface area contributed by atoms with Gasteiger partial charge < -0.3 is 19.9 Å². The van der Waals surface area contributed by atoms with Gasteiger partial charge in [0.05, 0.1) is 5.60 Å². The third-order valence-corrected chi connectivity index (χ3v) is 2.77. The summed E-state index contributed by atoms with van der Waals surface area (Å²) in [6.07, 6.45) is -0.281. The second-order valence-electron chi connectivity index (χ2n) is 4.47. The molecule has 0 bridgehead atoms. The normalized spacial score (nSPS) is 13.7. The van der Waals surface area contributed by atoms with E-state index in [2.05, 4.69) is 5.32 Å². The van der Waals surface area contributed by atoms with E-state index >= 15 is 0 Å². The van der Waals surface area contributed by atoms with Gasteiger partial charge in [-0.15, -0.1) is 0 Å². The van der Waals surface area contributed by atoms with Crippen LogP contribution in [0, 0.1) is 0 Å². The van der Waals surface area contributed by atoms with Crippen LogP contribution in [0.1, 0.15) is 27.7 Å². The fourth-order valence-electron chi connectivity index (χ4n) is 0.818. The highest BCUT2D eigenvalue weighted by Crippen LogP contribution is 2.20. The molecule has 4 nitrogen and oxygen atoms in total. The van der Waals surface area contributed by atoms with Gasteiger partial charge in [0, 0.05) is 26.3 Å². The second kappa shape index (κ2) is 5.07. The lowest BCUT2D eigenvalue weighted by molar-refractivity contribution is -0.108. The largest absolute Gasteiger partial charge is 0.389 e. The van der Waals surface area contributed by atoms with Crippen LogP contribution in [0.4, 0.5) is 0 Å². The van der Waals surface area contributed by atoms with Gasteiger partial charge in [0.1, 0.15) is 0 Å². The summed E-state index contributed by atoms with van der Waals surface area (Å²) in [7, 11) is 3.18. The molecule has 0 aromatic rings. The topological polar surface area (TPSA) is 50.7 Å². The average molecular weight is 205 g/mol. The van der Waals surface area contributed by atoms with Gasteiger partial charge in [0.15, 0.2) is 6.29 Å². The lowest BCUT2D eigenvalue weighted by Crippen LogP contribution is -2.57. The van der Waals surface area contributed by atoms with E-state index in [1.807, 2.05) is 13.8 Å². The van der Waals surface area contributed by atoms with Crippen molar-refractivity contribution >= 4 is 0 Å². The molecule has 2 N–H and O–H groups in total. The van der Waals surface area contributed by atoms with Crippen LogP contribution in [-0.4, -0.2) is 43.3 Å². The molecule has 0 aromatic heterocycles. The lowest BCUT2D eigenvalue weighted by Gasteiger charge is -2.38. The van der Waals surface area contributed by atoms with Crippen LogP contribution >= 0.6 is 0 Å². The van der Waals surface area contributed by atoms with Crippen molar-refractivity contribution in [2.45, 2.75) is 45.1 Å². The maximum atomic E-state index is 9.86. The predicted octanol–water partition coefficient (Wildman–Crippen LogP) is 0.744. The Balaban J connectivity index is 4.11. The first-order valence-corrected chi connectivity index (χ1v) is 4.77. The summed E-state index contributed by atoms with van der Waals surface area (Å²) < 4.78 is 10.1. The first kappa shape index (κ1) is 13.8. The van der Waals surface area contributed by atoms with Crippen LogP contribution in [0.3, 0.4) is 0 Å². The van der Waals surface area contributed by atoms with Gasteiger partial charge in [0.2, 0.25) is 0 Å². The third-order valence-electron chi connectivity index (χ3n) is 2.77. The lowest BCUT2D eigenvalue weighted by atomic mass is 9.86. The summed E-state index contributed by atoms with van der Waals surface area (Å²) in [6, 6.07) is 0. The van der Waals surface area contributed by atoms with Crippen LogP contribution in [0.2, 0.25) is 0 Å². The summed E-state index contributed by atoms with van der Waals surface area (Å²) in [5.74, 6) is 0. The van der Waals surface area contributed by atoms with Crippen molar-refractivity contribution in [3.63, 3.8) is 0 Å². The smallest absolute Gasteiger partial charge is 0.169 e. The highest BCUT2D eigenvalue weighted by Gasteiger charge is 2.34. The molecule has 0 aliphatic rings. The summed E-state index contributed by atoms with van der Waals surface area (Å²) in [5, 5.41) is 13.1. The Kier molecular flexibility index (Phi) is 5.01. The predicted molar refractivity (Wildman–Crippen MR) is 56.2 cm³/mol. The Hall–Kier alpha value is -0.160. The van der Waals surface area contributed by atoms with Crippen molar-refractivity contribution in [3.8, 4) is 0 Å². The molecule has 14 heavy (non-hydrogen) atoms. The molecule has 0 amide bonds. The molecule has 0 spiro atoms. The van der Waals surface area contributed by atoms with Gasteiger partial charge in [-0.3, -0.25) is 0 Å². The van der Waals surface area contributed by atoms with E-state index in [4.69, 9.17) is 9.47 Å². The molecule has 0 radical (unpaired) electrons. The Morgan fingerprint density at radius 2 is 1.57 bits per heavy atom. The fraction of sp³-hybridized carbons (Fsp3) is 1.00. The maximum Gasteiger partial charge on any atom is 0.169 e. The van der Waals surface area contributed by atoms with E-state index in [9.17, 15) is 5.11 Å². The van der Waals surface area contributed by atoms with E-state index in [0.29, 0.717) is 6.54 Å². The fourth-order valence-corrected chi connectivity index (χ4v) is 0.818. The van der Waals surface area contributed by atoms with Crippen molar-refractivity contribution in [2.24, 2.45) is 0 Å². The van der Waals surface area contributed by atoms with Crippen LogP contribution < -0.4 is 5.32 Å². The maximum absolute atomic E-state index is 9.86. The van der Waals surface area contributed by atoms with Gasteiger partial charge in [-0.1, -0.05) is 0 Å². The van der Waals surface area contributed by atoms with Gasteiger partial charge in [-0.05, 0) is 27.7 Å². The second-order valence-corrected chi connectivity index (χ2v) is 4.47. The van der Waals surface area contributed by atoms with E-state index in [1.165, 1.54) is 0 Å². The number of nitrogens with one attached hydrogen (secondary N) is 1. The molecule has 0 aromatic carbocycles. The number of methoxy groups -OCH3 is 2. The highest BCUT2D eigenvalue weighted by atomic mass is 16.7. The quantitative estimate of drug-likeness (QED) is 0.628. The Morgan fingerprint density at radius 3 is 1.86 bits per heavy atom. The Labute approximate surface area is 86.6 Å². The van der Waals surface area contributed by atoms with E-state index in [0.717, 1.165) is 0 Å². The van der Waals surface area contributed by atoms with E-state index < -0.39 is 5.60 Å². The molecule has 0 rings (SSSR count). The average Bonchev–Trinajstić information content (AvgIpc) is 2.04. The third kappa shape index (κ3) is 3.92. The number of hydrogen-bond acceptors (Lipinski definition) is 4. The molecule has 0 aliphatic heterocycles. The number of ether oxygens (including phenoxy) is 2. The van der Waals surface area contributed by atoms with Gasteiger partial charge >= 0.3 is 0 Å². The standard InChI is InChI=1S/C10H23NO3/c1-9(2,10(3,4)12)11-7-8(13-5)14-6/h8,11-12H,7H2,1-6H3. The Morgan fingerprint density at radius 1 is 1.14 bits per heavy atom. The molecule has 4 heteroatoms. The van der Waals surface area contributed by atoms with Crippen molar-refractivity contribution in [2.75, 3.05) is 20.8 Å². The van der Waals surface area contributed by atoms with Crippen molar-refractivity contribution in [1.82, 2.24) is 5.32 Å². The molecule has 0 heterocycles. The zero-order chi connectivity index (χ0) is 11.4.